The third kappa shape index (κ3) is 301. The molecule has 3 heteroatoms. The summed E-state index contributed by atoms with van der Waals surface area (Å²) in [4.78, 5) is 0. The predicted octanol–water partition coefficient (Wildman–Crippen LogP) is -0.0698. The van der Waals surface area contributed by atoms with Gasteiger partial charge in [-0.15, -0.1) is 0 Å². The molecule has 1 N–H and O–H groups in total. The van der Waals surface area contributed by atoms with Crippen LogP contribution in [-0.4, -0.2) is 21.2 Å². The molecule has 0 aromatic rings. The van der Waals surface area contributed by atoms with Crippen molar-refractivity contribution in [1.29, 1.82) is 0 Å². The first-order valence-electron chi connectivity index (χ1n) is 1.54. The van der Waals surface area contributed by atoms with Crippen molar-refractivity contribution in [1.82, 2.24) is 5.32 Å². The van der Waals surface area contributed by atoms with E-state index in [4.69, 9.17) is 0 Å². The van der Waals surface area contributed by atoms with Crippen LogP contribution in [0, 0.1) is 0 Å². The molecule has 0 spiro atoms. The normalized spacial score (nSPS) is 6.17. The molecule has 2 nitrogen and oxygen atoms in total. The van der Waals surface area contributed by atoms with E-state index in [1.807, 2.05) is 14.1 Å². The summed E-state index contributed by atoms with van der Waals surface area (Å²) < 4.78 is 3.88. The van der Waals surface area contributed by atoms with Crippen LogP contribution in [0.15, 0.2) is 0 Å². The zero-order chi connectivity index (χ0) is 5.41. The third-order valence-electron chi connectivity index (χ3n) is 0. The van der Waals surface area contributed by atoms with E-state index in [0.717, 1.165) is 0 Å². The quantitative estimate of drug-likeness (QED) is 0.469. The van der Waals surface area contributed by atoms with Gasteiger partial charge < -0.3 is 5.32 Å². The Balaban J connectivity index is 0. The van der Waals surface area contributed by atoms with Crippen molar-refractivity contribution in [3.05, 3.63) is 0 Å². The standard InChI is InChI=1S/C2H7N.CH3O.Ni/c1-3-2;1-2;/h3H,1-2H3;1H3;/q;-1;+1. The topological polar surface area (TPSA) is 21.3 Å². The van der Waals surface area contributed by atoms with E-state index in [-0.39, 0.29) is 0 Å². The molecule has 0 fully saturated rings. The van der Waals surface area contributed by atoms with Gasteiger partial charge in [-0.3, -0.25) is 0 Å². The Morgan fingerprint density at radius 2 is 1.50 bits per heavy atom. The maximum atomic E-state index is 3.88. The van der Waals surface area contributed by atoms with E-state index in [1.54, 1.807) is 0 Å². The van der Waals surface area contributed by atoms with Gasteiger partial charge in [0.2, 0.25) is 0 Å². The minimum atomic E-state index is 1.46. The summed E-state index contributed by atoms with van der Waals surface area (Å²) in [6.07, 6.45) is 0. The molecule has 0 radical (unpaired) electrons. The van der Waals surface area contributed by atoms with E-state index in [2.05, 4.69) is 25.0 Å². The monoisotopic (exact) mass is 134 g/mol. The van der Waals surface area contributed by atoms with Crippen molar-refractivity contribution in [2.75, 3.05) is 21.2 Å². The van der Waals surface area contributed by atoms with Gasteiger partial charge in [0.25, 0.3) is 0 Å². The zero-order valence-corrected chi connectivity index (χ0v) is 5.21. The first-order valence-corrected chi connectivity index (χ1v) is 1.94. The zero-order valence-electron chi connectivity index (χ0n) is 4.22. The van der Waals surface area contributed by atoms with Gasteiger partial charge >= 0.3 is 26.8 Å². The third-order valence-corrected chi connectivity index (χ3v) is 0. The number of hydrogen-bond donors (Lipinski definition) is 1. The van der Waals surface area contributed by atoms with Crippen molar-refractivity contribution in [3.63, 3.8) is 0 Å². The molecule has 0 aromatic carbocycles. The molecular formula is C3H10NNiO. The van der Waals surface area contributed by atoms with Crippen LogP contribution >= 0.6 is 0 Å². The van der Waals surface area contributed by atoms with Gasteiger partial charge in [0, 0.05) is 0 Å². The Labute approximate surface area is 46.9 Å². The van der Waals surface area contributed by atoms with Gasteiger partial charge in [-0.1, -0.05) is 0 Å². The van der Waals surface area contributed by atoms with Crippen LogP contribution in [-0.2, 0) is 19.7 Å². The molecule has 0 heterocycles. The molecule has 0 amide bonds. The molecule has 6 heavy (non-hydrogen) atoms. The average Bonchev–Trinajstić information content (AvgIpc) is 1.39. The van der Waals surface area contributed by atoms with Gasteiger partial charge in [-0.2, -0.15) is 0 Å². The molecule has 0 rings (SSSR count). The Kier molecular flexibility index (Phi) is 29.1. The summed E-state index contributed by atoms with van der Waals surface area (Å²) in [5, 5.41) is 2.75. The second-order valence-corrected chi connectivity index (χ2v) is 1.03. The van der Waals surface area contributed by atoms with E-state index < -0.39 is 0 Å². The van der Waals surface area contributed by atoms with Crippen molar-refractivity contribution < 1.29 is 19.7 Å². The molecule has 0 aliphatic heterocycles. The van der Waals surface area contributed by atoms with Gasteiger partial charge in [0.05, 0.1) is 0 Å². The van der Waals surface area contributed by atoms with Crippen LogP contribution in [0.25, 0.3) is 0 Å². The van der Waals surface area contributed by atoms with Crippen LogP contribution in [0.5, 0.6) is 0 Å². The van der Waals surface area contributed by atoms with Crippen LogP contribution in [0.3, 0.4) is 0 Å². The summed E-state index contributed by atoms with van der Waals surface area (Å²) >= 11 is 3.67. The molecule has 0 saturated heterocycles. The van der Waals surface area contributed by atoms with Gasteiger partial charge in [-0.25, -0.2) is 0 Å². The first-order chi connectivity index (χ1) is 2.83. The molecule has 0 aliphatic carbocycles. The van der Waals surface area contributed by atoms with Crippen LogP contribution in [0.4, 0.5) is 0 Å². The van der Waals surface area contributed by atoms with Gasteiger partial charge in [0.1, 0.15) is 0 Å². The van der Waals surface area contributed by atoms with Crippen LogP contribution in [0.2, 0.25) is 0 Å². The molecule has 0 unspecified atom stereocenters. The van der Waals surface area contributed by atoms with E-state index in [9.17, 15) is 0 Å². The minimum absolute atomic E-state index is 1.46. The van der Waals surface area contributed by atoms with E-state index >= 15 is 0 Å². The molecular weight excluding hydrogens is 125 g/mol. The SMILES string of the molecule is CNC.C[O][Ni]. The summed E-state index contributed by atoms with van der Waals surface area (Å²) in [5.74, 6) is 0. The van der Waals surface area contributed by atoms with Gasteiger partial charge in [-0.05, 0) is 14.1 Å². The number of nitrogens with one attached hydrogen (secondary N) is 1. The molecule has 0 aliphatic rings. The van der Waals surface area contributed by atoms with Crippen LogP contribution in [0.1, 0.15) is 0 Å². The molecule has 0 bridgehead atoms. The fraction of sp³-hybridized carbons (Fsp3) is 1.00. The Morgan fingerprint density at radius 1 is 1.50 bits per heavy atom. The Morgan fingerprint density at radius 3 is 1.50 bits per heavy atom. The van der Waals surface area contributed by atoms with Crippen molar-refractivity contribution in [2.24, 2.45) is 0 Å². The summed E-state index contributed by atoms with van der Waals surface area (Å²) in [6.45, 7) is 0. The van der Waals surface area contributed by atoms with E-state index in [1.165, 1.54) is 7.11 Å². The van der Waals surface area contributed by atoms with Crippen LogP contribution < -0.4 is 5.32 Å². The first kappa shape index (κ1) is 9.65. The van der Waals surface area contributed by atoms with Crippen molar-refractivity contribution in [3.8, 4) is 0 Å². The predicted molar refractivity (Wildman–Crippen MR) is 22.0 cm³/mol. The summed E-state index contributed by atoms with van der Waals surface area (Å²) in [6, 6.07) is 0. The fourth-order valence-electron chi connectivity index (χ4n) is 0. The summed E-state index contributed by atoms with van der Waals surface area (Å²) in [5.41, 5.74) is 0. The number of hydrogen-bond acceptors (Lipinski definition) is 2. The van der Waals surface area contributed by atoms with Gasteiger partial charge in [0.15, 0.2) is 0 Å². The maximum absolute atomic E-state index is 3.88. The van der Waals surface area contributed by atoms with E-state index in [0.29, 0.717) is 0 Å². The second-order valence-electron chi connectivity index (χ2n) is 0.629. The molecule has 0 aromatic heterocycles. The molecule has 0 atom stereocenters. The fourth-order valence-corrected chi connectivity index (χ4v) is 0. The molecule has 0 saturated carbocycles. The summed E-state index contributed by atoms with van der Waals surface area (Å²) in [7, 11) is 5.21. The number of rotatable bonds is 0. The second kappa shape index (κ2) is 18.1. The van der Waals surface area contributed by atoms with Crippen molar-refractivity contribution in [2.45, 2.75) is 0 Å². The Hall–Kier alpha value is 0.414. The Bertz CT molecular complexity index is 12.8. The molecule has 43 valence electrons. The van der Waals surface area contributed by atoms with Crippen molar-refractivity contribution >= 4 is 0 Å². The average molecular weight is 135 g/mol.